The third-order valence-corrected chi connectivity index (χ3v) is 6.20. The van der Waals surface area contributed by atoms with Crippen molar-refractivity contribution in [3.8, 4) is 0 Å². The van der Waals surface area contributed by atoms with Gasteiger partial charge in [-0.2, -0.15) is 0 Å². The van der Waals surface area contributed by atoms with Gasteiger partial charge in [-0.3, -0.25) is 4.90 Å². The largest absolute Gasteiger partial charge is 0.381 e. The molecule has 1 heterocycles. The maximum Gasteiger partial charge on any atom is 0.0572 e. The smallest absolute Gasteiger partial charge is 0.0572 e. The van der Waals surface area contributed by atoms with Crippen LogP contribution in [-0.2, 0) is 4.74 Å². The van der Waals surface area contributed by atoms with E-state index in [0.717, 1.165) is 18.5 Å². The second-order valence-electron chi connectivity index (χ2n) is 6.96. The van der Waals surface area contributed by atoms with Crippen molar-refractivity contribution in [1.29, 1.82) is 0 Å². The second kappa shape index (κ2) is 5.71. The molecular formula is C16H30N2O. The van der Waals surface area contributed by atoms with Crippen molar-refractivity contribution in [2.24, 2.45) is 11.7 Å². The molecular weight excluding hydrogens is 236 g/mol. The number of nitrogens with two attached hydrogens (primary N) is 1. The van der Waals surface area contributed by atoms with Gasteiger partial charge in [-0.1, -0.05) is 12.8 Å². The van der Waals surface area contributed by atoms with E-state index in [1.54, 1.807) is 0 Å². The molecule has 0 aromatic rings. The summed E-state index contributed by atoms with van der Waals surface area (Å²) < 4.78 is 5.54. The Morgan fingerprint density at radius 3 is 2.53 bits per heavy atom. The van der Waals surface area contributed by atoms with Crippen LogP contribution in [0.25, 0.3) is 0 Å². The monoisotopic (exact) mass is 266 g/mol. The summed E-state index contributed by atoms with van der Waals surface area (Å²) in [7, 11) is 1.85. The molecule has 3 nitrogen and oxygen atoms in total. The van der Waals surface area contributed by atoms with Crippen LogP contribution in [0, 0.1) is 5.92 Å². The fourth-order valence-corrected chi connectivity index (χ4v) is 4.97. The molecule has 0 spiro atoms. The first-order valence-corrected chi connectivity index (χ1v) is 8.29. The molecule has 0 aromatic heterocycles. The third-order valence-electron chi connectivity index (χ3n) is 6.20. The van der Waals surface area contributed by atoms with Crippen LogP contribution in [0.3, 0.4) is 0 Å². The van der Waals surface area contributed by atoms with E-state index < -0.39 is 0 Å². The molecule has 2 unspecified atom stereocenters. The molecule has 0 bridgehead atoms. The lowest BCUT2D eigenvalue weighted by Gasteiger charge is -2.49. The SMILES string of the molecule is COC1CCC(CN)(N2CCC3CCCCC32)CC1. The fraction of sp³-hybridized carbons (Fsp3) is 1.00. The first kappa shape index (κ1) is 13.8. The van der Waals surface area contributed by atoms with Crippen LogP contribution in [0.4, 0.5) is 0 Å². The van der Waals surface area contributed by atoms with Crippen LogP contribution in [0.2, 0.25) is 0 Å². The molecule has 0 radical (unpaired) electrons. The number of rotatable bonds is 3. The Hall–Kier alpha value is -0.120. The fourth-order valence-electron chi connectivity index (χ4n) is 4.97. The molecule has 0 amide bonds. The van der Waals surface area contributed by atoms with Crippen LogP contribution in [-0.4, -0.2) is 42.8 Å². The van der Waals surface area contributed by atoms with Crippen LogP contribution in [0.15, 0.2) is 0 Å². The Balaban J connectivity index is 1.71. The summed E-state index contributed by atoms with van der Waals surface area (Å²) in [6, 6.07) is 0.844. The summed E-state index contributed by atoms with van der Waals surface area (Å²) >= 11 is 0. The standard InChI is InChI=1S/C16H30N2O/c1-19-14-6-9-16(12-17,10-7-14)18-11-8-13-4-2-3-5-15(13)18/h13-15H,2-12,17H2,1H3. The number of hydrogen-bond donors (Lipinski definition) is 1. The van der Waals surface area contributed by atoms with E-state index in [1.807, 2.05) is 7.11 Å². The molecule has 3 aliphatic rings. The van der Waals surface area contributed by atoms with E-state index in [0.29, 0.717) is 11.6 Å². The van der Waals surface area contributed by atoms with Gasteiger partial charge in [0.1, 0.15) is 0 Å². The number of ether oxygens (including phenoxy) is 1. The lowest BCUT2D eigenvalue weighted by atomic mass is 9.77. The van der Waals surface area contributed by atoms with Crippen LogP contribution >= 0.6 is 0 Å². The summed E-state index contributed by atoms with van der Waals surface area (Å²) in [5.41, 5.74) is 6.54. The molecule has 2 N–H and O–H groups in total. The quantitative estimate of drug-likeness (QED) is 0.853. The molecule has 3 heteroatoms. The summed E-state index contributed by atoms with van der Waals surface area (Å²) in [6.07, 6.45) is 12.5. The van der Waals surface area contributed by atoms with Gasteiger partial charge in [0.15, 0.2) is 0 Å². The van der Waals surface area contributed by atoms with E-state index in [2.05, 4.69) is 4.90 Å². The summed E-state index contributed by atoms with van der Waals surface area (Å²) in [5, 5.41) is 0. The van der Waals surface area contributed by atoms with Gasteiger partial charge in [-0.25, -0.2) is 0 Å². The van der Waals surface area contributed by atoms with Gasteiger partial charge in [-0.15, -0.1) is 0 Å². The zero-order chi connectivity index (χ0) is 13.3. The lowest BCUT2D eigenvalue weighted by Crippen LogP contribution is -2.58. The first-order chi connectivity index (χ1) is 9.29. The molecule has 19 heavy (non-hydrogen) atoms. The minimum absolute atomic E-state index is 0.297. The Morgan fingerprint density at radius 2 is 1.84 bits per heavy atom. The van der Waals surface area contributed by atoms with Crippen LogP contribution < -0.4 is 5.73 Å². The lowest BCUT2D eigenvalue weighted by molar-refractivity contribution is -0.0209. The molecule has 2 atom stereocenters. The highest BCUT2D eigenvalue weighted by molar-refractivity contribution is 5.03. The van der Waals surface area contributed by atoms with E-state index >= 15 is 0 Å². The predicted molar refractivity (Wildman–Crippen MR) is 78.1 cm³/mol. The Bertz CT molecular complexity index is 299. The van der Waals surface area contributed by atoms with Gasteiger partial charge in [0, 0.05) is 25.2 Å². The third kappa shape index (κ3) is 2.45. The van der Waals surface area contributed by atoms with E-state index in [4.69, 9.17) is 10.5 Å². The highest BCUT2D eigenvalue weighted by atomic mass is 16.5. The minimum atomic E-state index is 0.297. The van der Waals surface area contributed by atoms with E-state index in [1.165, 1.54) is 64.3 Å². The van der Waals surface area contributed by atoms with Gasteiger partial charge in [0.05, 0.1) is 6.10 Å². The Labute approximate surface area is 117 Å². The highest BCUT2D eigenvalue weighted by Gasteiger charge is 2.47. The average molecular weight is 266 g/mol. The average Bonchev–Trinajstić information content (AvgIpc) is 2.92. The van der Waals surface area contributed by atoms with Crippen molar-refractivity contribution in [2.75, 3.05) is 20.2 Å². The van der Waals surface area contributed by atoms with Gasteiger partial charge < -0.3 is 10.5 Å². The van der Waals surface area contributed by atoms with Gasteiger partial charge >= 0.3 is 0 Å². The number of nitrogens with zero attached hydrogens (tertiary/aromatic N) is 1. The zero-order valence-corrected chi connectivity index (χ0v) is 12.4. The molecule has 1 aliphatic heterocycles. The number of likely N-dealkylation sites (tertiary alicyclic amines) is 1. The normalized spacial score (nSPS) is 44.2. The molecule has 110 valence electrons. The van der Waals surface area contributed by atoms with Crippen molar-refractivity contribution in [2.45, 2.75) is 75.5 Å². The molecule has 0 aromatic carbocycles. The first-order valence-electron chi connectivity index (χ1n) is 8.29. The van der Waals surface area contributed by atoms with Crippen LogP contribution in [0.1, 0.15) is 57.8 Å². The molecule has 3 rings (SSSR count). The number of fused-ring (bicyclic) bond motifs is 1. The summed E-state index contributed by atoms with van der Waals surface area (Å²) in [6.45, 7) is 2.14. The Kier molecular flexibility index (Phi) is 4.16. The van der Waals surface area contributed by atoms with E-state index in [9.17, 15) is 0 Å². The number of methoxy groups -OCH3 is 1. The molecule has 2 aliphatic carbocycles. The molecule has 2 saturated carbocycles. The number of hydrogen-bond acceptors (Lipinski definition) is 3. The second-order valence-corrected chi connectivity index (χ2v) is 6.96. The summed E-state index contributed by atoms with van der Waals surface area (Å²) in [4.78, 5) is 2.84. The van der Waals surface area contributed by atoms with Crippen molar-refractivity contribution in [3.63, 3.8) is 0 Å². The topological polar surface area (TPSA) is 38.5 Å². The van der Waals surface area contributed by atoms with Gasteiger partial charge in [0.25, 0.3) is 0 Å². The minimum Gasteiger partial charge on any atom is -0.381 e. The van der Waals surface area contributed by atoms with Crippen molar-refractivity contribution in [3.05, 3.63) is 0 Å². The maximum absolute atomic E-state index is 6.24. The van der Waals surface area contributed by atoms with E-state index in [-0.39, 0.29) is 0 Å². The Morgan fingerprint density at radius 1 is 1.11 bits per heavy atom. The van der Waals surface area contributed by atoms with Crippen molar-refractivity contribution in [1.82, 2.24) is 4.90 Å². The van der Waals surface area contributed by atoms with Crippen LogP contribution in [0.5, 0.6) is 0 Å². The van der Waals surface area contributed by atoms with Gasteiger partial charge in [0.2, 0.25) is 0 Å². The molecule has 3 fully saturated rings. The van der Waals surface area contributed by atoms with Gasteiger partial charge in [-0.05, 0) is 57.4 Å². The molecule has 1 saturated heterocycles. The van der Waals surface area contributed by atoms with Crippen molar-refractivity contribution >= 4 is 0 Å². The highest BCUT2D eigenvalue weighted by Crippen LogP contribution is 2.44. The zero-order valence-electron chi connectivity index (χ0n) is 12.4. The predicted octanol–water partition coefficient (Wildman–Crippen LogP) is 2.54. The summed E-state index contributed by atoms with van der Waals surface area (Å²) in [5.74, 6) is 0.970. The maximum atomic E-state index is 6.24. The van der Waals surface area contributed by atoms with Crippen molar-refractivity contribution < 1.29 is 4.74 Å².